The van der Waals surface area contributed by atoms with Gasteiger partial charge in [-0.05, 0) is 24.1 Å². The van der Waals surface area contributed by atoms with Gasteiger partial charge in [0.2, 0.25) is 0 Å². The third-order valence-electron chi connectivity index (χ3n) is 4.54. The molecule has 136 valence electrons. The quantitative estimate of drug-likeness (QED) is 0.832. The molecule has 26 heavy (non-hydrogen) atoms. The van der Waals surface area contributed by atoms with E-state index in [2.05, 4.69) is 4.40 Å². The zero-order valence-corrected chi connectivity index (χ0v) is 15.8. The standard InChI is InChI=1S/C19H21N3O3S/c1-4-19(16-13-9-6-10-14-16)18(21(2)3)20-26(24,25)22(19)17(23)15-11-7-5-8-12-15/h5-14H,4H2,1-3H3. The van der Waals surface area contributed by atoms with E-state index in [-0.39, 0.29) is 0 Å². The number of likely N-dealkylation sites (N-methyl/N-ethyl adjacent to an activating group) is 1. The average Bonchev–Trinajstić information content (AvgIpc) is 2.90. The number of benzene rings is 2. The molecule has 0 saturated heterocycles. The van der Waals surface area contributed by atoms with E-state index >= 15 is 0 Å². The molecule has 1 heterocycles. The van der Waals surface area contributed by atoms with Crippen LogP contribution in [0, 0.1) is 0 Å². The van der Waals surface area contributed by atoms with Crippen molar-refractivity contribution in [3.8, 4) is 0 Å². The van der Waals surface area contributed by atoms with Gasteiger partial charge in [0.15, 0.2) is 5.84 Å². The van der Waals surface area contributed by atoms with Crippen LogP contribution < -0.4 is 0 Å². The zero-order valence-electron chi connectivity index (χ0n) is 15.0. The summed E-state index contributed by atoms with van der Waals surface area (Å²) in [6.45, 7) is 1.86. The van der Waals surface area contributed by atoms with Crippen LogP contribution in [-0.2, 0) is 15.7 Å². The van der Waals surface area contributed by atoms with Gasteiger partial charge in [-0.1, -0.05) is 55.5 Å². The highest BCUT2D eigenvalue weighted by Crippen LogP contribution is 2.42. The molecule has 0 saturated carbocycles. The van der Waals surface area contributed by atoms with Crippen LogP contribution in [0.15, 0.2) is 65.1 Å². The molecule has 7 heteroatoms. The Morgan fingerprint density at radius 1 is 1.04 bits per heavy atom. The Hall–Kier alpha value is -2.67. The minimum Gasteiger partial charge on any atom is -0.363 e. The van der Waals surface area contributed by atoms with Gasteiger partial charge in [0.05, 0.1) is 0 Å². The highest BCUT2D eigenvalue weighted by molar-refractivity contribution is 7.89. The van der Waals surface area contributed by atoms with Gasteiger partial charge >= 0.3 is 10.2 Å². The lowest BCUT2D eigenvalue weighted by Gasteiger charge is -2.38. The highest BCUT2D eigenvalue weighted by Gasteiger charge is 2.56. The van der Waals surface area contributed by atoms with Crippen molar-refractivity contribution in [1.29, 1.82) is 0 Å². The van der Waals surface area contributed by atoms with Crippen molar-refractivity contribution in [2.45, 2.75) is 18.9 Å². The molecule has 2 aromatic rings. The summed E-state index contributed by atoms with van der Waals surface area (Å²) in [5.41, 5.74) is -0.170. The first-order chi connectivity index (χ1) is 12.3. The molecule has 2 aromatic carbocycles. The van der Waals surface area contributed by atoms with Crippen LogP contribution in [0.5, 0.6) is 0 Å². The van der Waals surface area contributed by atoms with E-state index in [0.717, 1.165) is 4.31 Å². The topological polar surface area (TPSA) is 70.1 Å². The molecular weight excluding hydrogens is 350 g/mol. The van der Waals surface area contributed by atoms with E-state index in [1.165, 1.54) is 0 Å². The summed E-state index contributed by atoms with van der Waals surface area (Å²) in [6, 6.07) is 17.6. The molecule has 0 bridgehead atoms. The first-order valence-corrected chi connectivity index (χ1v) is 9.72. The molecular formula is C19H21N3O3S. The highest BCUT2D eigenvalue weighted by atomic mass is 32.2. The van der Waals surface area contributed by atoms with Crippen molar-refractivity contribution in [2.24, 2.45) is 4.40 Å². The van der Waals surface area contributed by atoms with Crippen LogP contribution in [0.25, 0.3) is 0 Å². The molecule has 1 atom stereocenters. The Morgan fingerprint density at radius 3 is 2.08 bits per heavy atom. The summed E-state index contributed by atoms with van der Waals surface area (Å²) in [6.07, 6.45) is 0.367. The minimum absolute atomic E-state index is 0.306. The fourth-order valence-electron chi connectivity index (χ4n) is 3.41. The van der Waals surface area contributed by atoms with Gasteiger partial charge in [-0.2, -0.15) is 12.7 Å². The van der Waals surface area contributed by atoms with E-state index in [0.29, 0.717) is 23.4 Å². The van der Waals surface area contributed by atoms with Gasteiger partial charge < -0.3 is 4.90 Å². The fourth-order valence-corrected chi connectivity index (χ4v) is 5.05. The Morgan fingerprint density at radius 2 is 1.58 bits per heavy atom. The zero-order chi connectivity index (χ0) is 18.9. The molecule has 6 nitrogen and oxygen atoms in total. The van der Waals surface area contributed by atoms with Gasteiger partial charge in [-0.3, -0.25) is 4.79 Å². The average molecular weight is 371 g/mol. The summed E-state index contributed by atoms with van der Waals surface area (Å²) < 4.78 is 30.8. The first-order valence-electron chi connectivity index (χ1n) is 8.32. The number of carbonyl (C=O) groups is 1. The Balaban J connectivity index is 2.28. The maximum Gasteiger partial charge on any atom is 0.350 e. The van der Waals surface area contributed by atoms with Crippen LogP contribution in [0.3, 0.4) is 0 Å². The molecule has 0 aliphatic carbocycles. The minimum atomic E-state index is -4.17. The molecule has 0 aromatic heterocycles. The van der Waals surface area contributed by atoms with E-state index in [9.17, 15) is 13.2 Å². The van der Waals surface area contributed by atoms with Crippen molar-refractivity contribution in [1.82, 2.24) is 9.21 Å². The summed E-state index contributed by atoms with van der Waals surface area (Å²) in [7, 11) is -0.698. The molecule has 0 radical (unpaired) electrons. The lowest BCUT2D eigenvalue weighted by molar-refractivity contribution is 0.0777. The Labute approximate surface area is 154 Å². The van der Waals surface area contributed by atoms with E-state index < -0.39 is 21.7 Å². The summed E-state index contributed by atoms with van der Waals surface area (Å²) in [4.78, 5) is 14.9. The van der Waals surface area contributed by atoms with Crippen molar-refractivity contribution in [3.05, 3.63) is 71.8 Å². The maximum absolute atomic E-state index is 13.2. The second-order valence-electron chi connectivity index (χ2n) is 6.30. The Kier molecular flexibility index (Phi) is 4.58. The van der Waals surface area contributed by atoms with Crippen LogP contribution in [0.2, 0.25) is 0 Å². The van der Waals surface area contributed by atoms with Crippen LogP contribution in [-0.4, -0.2) is 43.5 Å². The second kappa shape index (κ2) is 6.57. The fraction of sp³-hybridized carbons (Fsp3) is 0.263. The van der Waals surface area contributed by atoms with Crippen LogP contribution in [0.1, 0.15) is 29.3 Å². The molecule has 0 spiro atoms. The van der Waals surface area contributed by atoms with Gasteiger partial charge in [0.1, 0.15) is 5.54 Å². The van der Waals surface area contributed by atoms with Gasteiger partial charge in [0, 0.05) is 19.7 Å². The predicted molar refractivity (Wildman–Crippen MR) is 101 cm³/mol. The largest absolute Gasteiger partial charge is 0.363 e. The molecule has 1 amide bonds. The summed E-state index contributed by atoms with van der Waals surface area (Å²) in [5, 5.41) is 0. The lowest BCUT2D eigenvalue weighted by Crippen LogP contribution is -2.54. The van der Waals surface area contributed by atoms with Gasteiger partial charge in [-0.15, -0.1) is 4.40 Å². The normalized spacial score (nSPS) is 21.3. The number of carbonyl (C=O) groups excluding carboxylic acids is 1. The second-order valence-corrected chi connectivity index (χ2v) is 7.75. The molecule has 0 fully saturated rings. The summed E-state index contributed by atoms with van der Waals surface area (Å²) in [5.74, 6) is -0.257. The molecule has 1 aliphatic rings. The predicted octanol–water partition coefficient (Wildman–Crippen LogP) is 2.65. The van der Waals surface area contributed by atoms with E-state index in [4.69, 9.17) is 0 Å². The number of nitrogens with zero attached hydrogens (tertiary/aromatic N) is 3. The number of amidine groups is 1. The third-order valence-corrected chi connectivity index (χ3v) is 5.88. The van der Waals surface area contributed by atoms with Crippen molar-refractivity contribution in [3.63, 3.8) is 0 Å². The smallest absolute Gasteiger partial charge is 0.350 e. The monoisotopic (exact) mass is 371 g/mol. The maximum atomic E-state index is 13.2. The van der Waals surface area contributed by atoms with Crippen LogP contribution >= 0.6 is 0 Å². The number of rotatable bonds is 3. The van der Waals surface area contributed by atoms with Gasteiger partial charge in [-0.25, -0.2) is 0 Å². The SMILES string of the molecule is CCC1(c2ccccc2)C(N(C)C)=NS(=O)(=O)N1C(=O)c1ccccc1. The lowest BCUT2D eigenvalue weighted by atomic mass is 9.84. The van der Waals surface area contributed by atoms with E-state index in [1.54, 1.807) is 49.3 Å². The number of hydrogen-bond donors (Lipinski definition) is 0. The molecule has 1 aliphatic heterocycles. The van der Waals surface area contributed by atoms with E-state index in [1.807, 2.05) is 37.3 Å². The Bertz CT molecular complexity index is 941. The molecule has 1 unspecified atom stereocenters. The first kappa shape index (κ1) is 18.1. The third kappa shape index (κ3) is 2.68. The molecule has 0 N–H and O–H groups in total. The summed E-state index contributed by atoms with van der Waals surface area (Å²) >= 11 is 0. The van der Waals surface area contributed by atoms with Gasteiger partial charge in [0.25, 0.3) is 5.91 Å². The van der Waals surface area contributed by atoms with Crippen molar-refractivity contribution < 1.29 is 13.2 Å². The van der Waals surface area contributed by atoms with Crippen molar-refractivity contribution in [2.75, 3.05) is 14.1 Å². The number of hydrogen-bond acceptors (Lipinski definition) is 4. The van der Waals surface area contributed by atoms with Crippen LogP contribution in [0.4, 0.5) is 0 Å². The number of amides is 1. The molecule has 3 rings (SSSR count). The van der Waals surface area contributed by atoms with Crippen molar-refractivity contribution >= 4 is 22.0 Å².